The molecule has 2 amide bonds. The molecule has 2 unspecified atom stereocenters. The van der Waals surface area contributed by atoms with Crippen LogP contribution in [0.4, 0.5) is 0 Å². The summed E-state index contributed by atoms with van der Waals surface area (Å²) in [4.78, 5) is 25.8. The second-order valence-corrected chi connectivity index (χ2v) is 6.60. The van der Waals surface area contributed by atoms with Gasteiger partial charge in [0, 0.05) is 19.5 Å². The van der Waals surface area contributed by atoms with Crippen LogP contribution in [0.5, 0.6) is 0 Å². The number of nitrogens with zero attached hydrogens (tertiary/aromatic N) is 1. The van der Waals surface area contributed by atoms with Gasteiger partial charge >= 0.3 is 0 Å². The summed E-state index contributed by atoms with van der Waals surface area (Å²) in [5.74, 6) is -0.242. The maximum Gasteiger partial charge on any atom is 0.245 e. The van der Waals surface area contributed by atoms with E-state index in [1.54, 1.807) is 4.90 Å². The quantitative estimate of drug-likeness (QED) is 0.928. The van der Waals surface area contributed by atoms with Gasteiger partial charge in [-0.3, -0.25) is 9.59 Å². The number of amides is 2. The van der Waals surface area contributed by atoms with Gasteiger partial charge in [-0.2, -0.15) is 0 Å². The highest BCUT2D eigenvalue weighted by atomic mass is 16.5. The van der Waals surface area contributed by atoms with Gasteiger partial charge < -0.3 is 15.0 Å². The molecule has 3 rings (SSSR count). The summed E-state index contributed by atoms with van der Waals surface area (Å²) in [6.07, 6.45) is 0.740. The van der Waals surface area contributed by atoms with Crippen molar-refractivity contribution in [2.75, 3.05) is 19.8 Å². The zero-order valence-corrected chi connectivity index (χ0v) is 14.7. The van der Waals surface area contributed by atoms with Gasteiger partial charge in [-0.05, 0) is 29.7 Å². The second kappa shape index (κ2) is 7.66. The van der Waals surface area contributed by atoms with Gasteiger partial charge in [-0.1, -0.05) is 42.5 Å². The van der Waals surface area contributed by atoms with Crippen LogP contribution in [0.3, 0.4) is 0 Å². The number of morpholine rings is 1. The zero-order valence-electron chi connectivity index (χ0n) is 14.7. The number of carbonyl (C=O) groups is 2. The highest BCUT2D eigenvalue weighted by Crippen LogP contribution is 2.17. The number of nitrogens with one attached hydrogen (secondary N) is 1. The fourth-order valence-corrected chi connectivity index (χ4v) is 3.31. The van der Waals surface area contributed by atoms with Gasteiger partial charge in [0.25, 0.3) is 0 Å². The fourth-order valence-electron chi connectivity index (χ4n) is 3.31. The predicted molar refractivity (Wildman–Crippen MR) is 97.3 cm³/mol. The molecule has 2 aromatic carbocycles. The molecule has 0 aromatic heterocycles. The smallest absolute Gasteiger partial charge is 0.245 e. The monoisotopic (exact) mass is 340 g/mol. The molecule has 0 bridgehead atoms. The number of fused-ring (bicyclic) bond motifs is 1. The van der Waals surface area contributed by atoms with E-state index in [-0.39, 0.29) is 24.5 Å². The molecule has 1 aliphatic heterocycles. The molecule has 0 saturated carbocycles. The zero-order chi connectivity index (χ0) is 17.8. The van der Waals surface area contributed by atoms with Crippen LogP contribution < -0.4 is 5.32 Å². The number of rotatable bonds is 4. The van der Waals surface area contributed by atoms with Crippen molar-refractivity contribution in [3.63, 3.8) is 0 Å². The molecule has 1 N–H and O–H groups in total. The normalized spacial score (nSPS) is 18.8. The molecule has 25 heavy (non-hydrogen) atoms. The Kier molecular flexibility index (Phi) is 5.34. The molecule has 5 nitrogen and oxygen atoms in total. The average molecular weight is 340 g/mol. The first-order chi connectivity index (χ1) is 12.0. The van der Waals surface area contributed by atoms with Crippen molar-refractivity contribution in [3.8, 4) is 0 Å². The summed E-state index contributed by atoms with van der Waals surface area (Å²) in [7, 11) is 0. The van der Waals surface area contributed by atoms with Crippen molar-refractivity contribution >= 4 is 22.6 Å². The molecule has 5 heteroatoms. The molecule has 1 aliphatic rings. The lowest BCUT2D eigenvalue weighted by atomic mass is 10.0. The van der Waals surface area contributed by atoms with Crippen LogP contribution in [0.15, 0.2) is 42.5 Å². The topological polar surface area (TPSA) is 58.6 Å². The summed E-state index contributed by atoms with van der Waals surface area (Å²) in [5.41, 5.74) is 1.18. The summed E-state index contributed by atoms with van der Waals surface area (Å²) in [5, 5.41) is 5.42. The van der Waals surface area contributed by atoms with Gasteiger partial charge in [0.1, 0.15) is 6.04 Å². The summed E-state index contributed by atoms with van der Waals surface area (Å²) >= 11 is 0. The maximum atomic E-state index is 12.5. The Hall–Kier alpha value is -2.40. The Morgan fingerprint density at radius 3 is 2.76 bits per heavy atom. The van der Waals surface area contributed by atoms with Crippen LogP contribution in [-0.2, 0) is 20.7 Å². The van der Waals surface area contributed by atoms with Crippen molar-refractivity contribution in [2.24, 2.45) is 0 Å². The Morgan fingerprint density at radius 1 is 1.24 bits per heavy atom. The third-order valence-electron chi connectivity index (χ3n) is 4.58. The first-order valence-corrected chi connectivity index (χ1v) is 8.67. The largest absolute Gasteiger partial charge is 0.377 e. The van der Waals surface area contributed by atoms with Crippen molar-refractivity contribution in [1.82, 2.24) is 10.2 Å². The van der Waals surface area contributed by atoms with Crippen LogP contribution in [0.2, 0.25) is 0 Å². The predicted octanol–water partition coefficient (Wildman–Crippen LogP) is 2.13. The highest BCUT2D eigenvalue weighted by molar-refractivity contribution is 5.87. The highest BCUT2D eigenvalue weighted by Gasteiger charge is 2.31. The van der Waals surface area contributed by atoms with Crippen molar-refractivity contribution in [3.05, 3.63) is 48.0 Å². The minimum atomic E-state index is -0.537. The maximum absolute atomic E-state index is 12.5. The van der Waals surface area contributed by atoms with E-state index in [1.165, 1.54) is 23.3 Å². The minimum Gasteiger partial charge on any atom is -0.377 e. The lowest BCUT2D eigenvalue weighted by molar-refractivity contribution is -0.147. The van der Waals surface area contributed by atoms with Crippen LogP contribution in [0.1, 0.15) is 19.4 Å². The van der Waals surface area contributed by atoms with Crippen LogP contribution in [-0.4, -0.2) is 48.6 Å². The molecule has 1 heterocycles. The number of carbonyl (C=O) groups excluding carboxylic acids is 2. The molecule has 0 spiro atoms. The average Bonchev–Trinajstić information content (AvgIpc) is 2.61. The minimum absolute atomic E-state index is 0.0237. The molecular weight excluding hydrogens is 316 g/mol. The van der Waals surface area contributed by atoms with E-state index in [2.05, 4.69) is 35.6 Å². The number of benzene rings is 2. The molecule has 0 radical (unpaired) electrons. The number of ether oxygens (including phenoxy) is 1. The lowest BCUT2D eigenvalue weighted by Crippen LogP contribution is -2.56. The van der Waals surface area contributed by atoms with Gasteiger partial charge in [-0.25, -0.2) is 0 Å². The van der Waals surface area contributed by atoms with Gasteiger partial charge in [0.2, 0.25) is 11.8 Å². The van der Waals surface area contributed by atoms with E-state index in [0.29, 0.717) is 13.2 Å². The van der Waals surface area contributed by atoms with E-state index in [9.17, 15) is 9.59 Å². The Bertz CT molecular complexity index is 774. The van der Waals surface area contributed by atoms with Crippen molar-refractivity contribution in [2.45, 2.75) is 32.4 Å². The van der Waals surface area contributed by atoms with E-state index < -0.39 is 6.04 Å². The van der Waals surface area contributed by atoms with E-state index in [0.717, 1.165) is 6.42 Å². The SMILES string of the molecule is CC(=O)N1CCOCC1C(=O)NC(C)Cc1ccc2ccccc2c1. The molecule has 0 aliphatic carbocycles. The fraction of sp³-hybridized carbons (Fsp3) is 0.400. The third kappa shape index (κ3) is 4.17. The van der Waals surface area contributed by atoms with Gasteiger partial charge in [0.05, 0.1) is 13.2 Å². The van der Waals surface area contributed by atoms with Gasteiger partial charge in [-0.15, -0.1) is 0 Å². The van der Waals surface area contributed by atoms with E-state index in [1.807, 2.05) is 19.1 Å². The van der Waals surface area contributed by atoms with Crippen molar-refractivity contribution < 1.29 is 14.3 Å². The summed E-state index contributed by atoms with van der Waals surface area (Å²) < 4.78 is 5.38. The Balaban J connectivity index is 1.63. The first kappa shape index (κ1) is 17.4. The van der Waals surface area contributed by atoms with Crippen molar-refractivity contribution in [1.29, 1.82) is 0 Å². The van der Waals surface area contributed by atoms with Crippen LogP contribution >= 0.6 is 0 Å². The van der Waals surface area contributed by atoms with E-state index in [4.69, 9.17) is 4.74 Å². The molecule has 2 aromatic rings. The van der Waals surface area contributed by atoms with Crippen LogP contribution in [0, 0.1) is 0 Å². The molecule has 2 atom stereocenters. The standard InChI is InChI=1S/C20H24N2O3/c1-14(11-16-7-8-17-5-3-4-6-18(17)12-16)21-20(24)19-13-25-10-9-22(19)15(2)23/h3-8,12,14,19H,9-11,13H2,1-2H3,(H,21,24). The van der Waals surface area contributed by atoms with Crippen LogP contribution in [0.25, 0.3) is 10.8 Å². The molecule has 1 fully saturated rings. The molecular formula is C20H24N2O3. The summed E-state index contributed by atoms with van der Waals surface area (Å²) in [6, 6.07) is 14.0. The van der Waals surface area contributed by atoms with Gasteiger partial charge in [0.15, 0.2) is 0 Å². The first-order valence-electron chi connectivity index (χ1n) is 8.67. The lowest BCUT2D eigenvalue weighted by Gasteiger charge is -2.34. The third-order valence-corrected chi connectivity index (χ3v) is 4.58. The Labute approximate surface area is 148 Å². The Morgan fingerprint density at radius 2 is 2.00 bits per heavy atom. The molecule has 1 saturated heterocycles. The summed E-state index contributed by atoms with van der Waals surface area (Å²) in [6.45, 7) is 4.68. The van der Waals surface area contributed by atoms with E-state index >= 15 is 0 Å². The number of hydrogen-bond donors (Lipinski definition) is 1. The molecule has 132 valence electrons. The number of hydrogen-bond acceptors (Lipinski definition) is 3. The second-order valence-electron chi connectivity index (χ2n) is 6.60.